The van der Waals surface area contributed by atoms with Crippen LogP contribution < -0.4 is 5.32 Å². The molecule has 2 heterocycles. The zero-order valence-corrected chi connectivity index (χ0v) is 22.2. The third-order valence-corrected chi connectivity index (χ3v) is 8.03. The number of hydrogen-bond acceptors (Lipinski definition) is 7. The van der Waals surface area contributed by atoms with Gasteiger partial charge in [0, 0.05) is 25.0 Å². The van der Waals surface area contributed by atoms with Gasteiger partial charge in [-0.25, -0.2) is 13.6 Å². The summed E-state index contributed by atoms with van der Waals surface area (Å²) in [5.74, 6) is -3.85. The van der Waals surface area contributed by atoms with Crippen LogP contribution in [0.4, 0.5) is 13.6 Å². The molecule has 3 aliphatic rings. The van der Waals surface area contributed by atoms with E-state index in [2.05, 4.69) is 5.32 Å². The van der Waals surface area contributed by atoms with Crippen LogP contribution in [0.5, 0.6) is 0 Å². The number of carbonyl (C=O) groups is 2. The first kappa shape index (κ1) is 29.0. The third-order valence-electron chi connectivity index (χ3n) is 8.03. The van der Waals surface area contributed by atoms with Crippen molar-refractivity contribution >= 4 is 19.1 Å². The Labute approximate surface area is 227 Å². The number of nitrogens with one attached hydrogen (secondary N) is 1. The normalized spacial score (nSPS) is 25.0. The fraction of sp³-hybridized carbons (Fsp3) is 0.593. The molecule has 4 rings (SSSR count). The molecule has 1 aromatic carbocycles. The summed E-state index contributed by atoms with van der Waals surface area (Å²) in [6.07, 6.45) is 2.04. The minimum Gasteiger partial charge on any atom is -0.447 e. The third kappa shape index (κ3) is 7.15. The lowest BCUT2D eigenvalue weighted by molar-refractivity contribution is -0.129. The maximum Gasteiger partial charge on any atom is 0.475 e. The molecule has 3 N–H and O–H groups in total. The molecule has 1 unspecified atom stereocenters. The maximum absolute atomic E-state index is 13.8. The maximum atomic E-state index is 13.8. The molecule has 2 aliphatic heterocycles. The largest absolute Gasteiger partial charge is 0.475 e. The first-order valence-electron chi connectivity index (χ1n) is 13.3. The van der Waals surface area contributed by atoms with Crippen molar-refractivity contribution in [1.82, 2.24) is 15.1 Å². The predicted molar refractivity (Wildman–Crippen MR) is 139 cm³/mol. The van der Waals surface area contributed by atoms with E-state index in [1.165, 1.54) is 11.0 Å². The van der Waals surface area contributed by atoms with E-state index in [0.29, 0.717) is 13.0 Å². The van der Waals surface area contributed by atoms with Crippen molar-refractivity contribution in [3.63, 3.8) is 0 Å². The van der Waals surface area contributed by atoms with Gasteiger partial charge in [-0.3, -0.25) is 9.69 Å². The number of hydrogen-bond donors (Lipinski definition) is 3. The summed E-state index contributed by atoms with van der Waals surface area (Å²) >= 11 is 0. The Morgan fingerprint density at radius 3 is 2.67 bits per heavy atom. The summed E-state index contributed by atoms with van der Waals surface area (Å²) in [4.78, 5) is 29.0. The van der Waals surface area contributed by atoms with Gasteiger partial charge in [-0.2, -0.15) is 5.26 Å². The number of alkyl carbamates (subject to hydrolysis) is 1. The molecular formula is C27H35BF2N4O5. The van der Waals surface area contributed by atoms with Gasteiger partial charge < -0.3 is 25.0 Å². The number of ether oxygens (including phenoxy) is 1. The zero-order chi connectivity index (χ0) is 28.4. The lowest BCUT2D eigenvalue weighted by Gasteiger charge is -2.33. The van der Waals surface area contributed by atoms with Gasteiger partial charge >= 0.3 is 13.2 Å². The lowest BCUT2D eigenvalue weighted by Crippen LogP contribution is -2.48. The van der Waals surface area contributed by atoms with Crippen molar-refractivity contribution in [3.05, 3.63) is 47.5 Å². The van der Waals surface area contributed by atoms with Crippen molar-refractivity contribution in [2.45, 2.75) is 63.0 Å². The van der Waals surface area contributed by atoms with E-state index in [1.807, 2.05) is 36.4 Å². The summed E-state index contributed by atoms with van der Waals surface area (Å²) in [5.41, 5.74) is -0.0637. The van der Waals surface area contributed by atoms with Crippen LogP contribution >= 0.6 is 0 Å². The molecule has 1 aliphatic carbocycles. The van der Waals surface area contributed by atoms with Crippen molar-refractivity contribution in [1.29, 1.82) is 5.26 Å². The molecule has 0 radical (unpaired) electrons. The van der Waals surface area contributed by atoms with Crippen LogP contribution in [0.15, 0.2) is 42.0 Å². The van der Waals surface area contributed by atoms with E-state index < -0.39 is 49.1 Å². The van der Waals surface area contributed by atoms with Gasteiger partial charge in [-0.05, 0) is 56.6 Å². The van der Waals surface area contributed by atoms with Gasteiger partial charge in [-0.1, -0.05) is 30.3 Å². The van der Waals surface area contributed by atoms with Crippen LogP contribution in [0.25, 0.3) is 0 Å². The van der Waals surface area contributed by atoms with E-state index in [0.717, 1.165) is 12.0 Å². The molecule has 39 heavy (non-hydrogen) atoms. The molecule has 0 aromatic heterocycles. The van der Waals surface area contributed by atoms with E-state index >= 15 is 0 Å². The van der Waals surface area contributed by atoms with Crippen molar-refractivity contribution in [3.8, 4) is 6.07 Å². The van der Waals surface area contributed by atoms with Gasteiger partial charge in [0.05, 0.1) is 18.5 Å². The number of alkyl halides is 2. The van der Waals surface area contributed by atoms with Crippen molar-refractivity contribution in [2.75, 3.05) is 26.2 Å². The summed E-state index contributed by atoms with van der Waals surface area (Å²) in [6, 6.07) is 11.0. The van der Waals surface area contributed by atoms with Crippen molar-refractivity contribution in [2.24, 2.45) is 11.8 Å². The van der Waals surface area contributed by atoms with Crippen molar-refractivity contribution < 1.29 is 33.2 Å². The average molecular weight is 544 g/mol. The Morgan fingerprint density at radius 1 is 1.33 bits per heavy atom. The van der Waals surface area contributed by atoms with Crippen LogP contribution in [-0.2, 0) is 16.0 Å². The Morgan fingerprint density at radius 2 is 2.05 bits per heavy atom. The van der Waals surface area contributed by atoms with Crippen LogP contribution in [0.2, 0.25) is 0 Å². The Kier molecular flexibility index (Phi) is 8.64. The SMILES string of the molecule is CC(C)(C=C(C#N)C(=O)N1C[C@@H]2C[C@@H]2[C@@H]1COC(=O)NC(CCc1ccccc1)B(O)O)N1CCC(F)(F)C1. The van der Waals surface area contributed by atoms with Gasteiger partial charge in [0.25, 0.3) is 11.8 Å². The molecule has 9 nitrogen and oxygen atoms in total. The molecule has 2 saturated heterocycles. The quantitative estimate of drug-likeness (QED) is 0.234. The molecule has 210 valence electrons. The second kappa shape index (κ2) is 11.6. The molecule has 2 amide bonds. The van der Waals surface area contributed by atoms with Crippen LogP contribution in [0, 0.1) is 23.2 Å². The average Bonchev–Trinajstić information content (AvgIpc) is 3.41. The predicted octanol–water partition coefficient (Wildman–Crippen LogP) is 2.14. The van der Waals surface area contributed by atoms with Gasteiger partial charge in [-0.15, -0.1) is 0 Å². The Balaban J connectivity index is 1.35. The fourth-order valence-corrected chi connectivity index (χ4v) is 5.60. The molecular weight excluding hydrogens is 509 g/mol. The number of rotatable bonds is 10. The number of nitriles is 1. The number of nitrogens with zero attached hydrogens (tertiary/aromatic N) is 3. The second-order valence-corrected chi connectivity index (χ2v) is 11.3. The molecule has 0 bridgehead atoms. The molecule has 3 fully saturated rings. The molecule has 12 heteroatoms. The Bertz CT molecular complexity index is 1130. The highest BCUT2D eigenvalue weighted by Gasteiger charge is 2.55. The number of likely N-dealkylation sites (tertiary alicyclic amines) is 2. The highest BCUT2D eigenvalue weighted by molar-refractivity contribution is 6.43. The van der Waals surface area contributed by atoms with Gasteiger partial charge in [0.2, 0.25) is 0 Å². The summed E-state index contributed by atoms with van der Waals surface area (Å²) in [7, 11) is -1.78. The topological polar surface area (TPSA) is 126 Å². The molecule has 4 atom stereocenters. The number of benzene rings is 1. The fourth-order valence-electron chi connectivity index (χ4n) is 5.60. The molecule has 1 aromatic rings. The van der Waals surface area contributed by atoms with Gasteiger partial charge in [0.1, 0.15) is 18.2 Å². The number of carbonyl (C=O) groups excluding carboxylic acids is 2. The number of amides is 2. The van der Waals surface area contributed by atoms with E-state index in [9.17, 15) is 33.7 Å². The summed E-state index contributed by atoms with van der Waals surface area (Å²) in [5, 5.41) is 31.7. The van der Waals surface area contributed by atoms with E-state index in [4.69, 9.17) is 4.74 Å². The van der Waals surface area contributed by atoms with Crippen LogP contribution in [-0.4, -0.2) is 88.7 Å². The van der Waals surface area contributed by atoms with E-state index in [-0.39, 0.29) is 43.4 Å². The first-order chi connectivity index (χ1) is 18.4. The molecule has 0 spiro atoms. The zero-order valence-electron chi connectivity index (χ0n) is 22.2. The highest BCUT2D eigenvalue weighted by atomic mass is 19.3. The van der Waals surface area contributed by atoms with Gasteiger partial charge in [0.15, 0.2) is 0 Å². The standard InChI is InChI=1S/C27H35BF2N4O5/c1-26(2,33-11-10-27(29,30)17-33)13-20(14-31)24(35)34-15-19-12-21(19)22(34)16-39-25(36)32-23(28(37)38)9-8-18-6-4-3-5-7-18/h3-7,13,19,21-23,37-38H,8-12,15-17H2,1-2H3,(H,32,36)/t19-,21-,22-,23?/m0/s1. The number of fused-ring (bicyclic) bond motifs is 1. The smallest absolute Gasteiger partial charge is 0.447 e. The monoisotopic (exact) mass is 544 g/mol. The summed E-state index contributed by atoms with van der Waals surface area (Å²) < 4.78 is 32.9. The number of halogens is 2. The minimum absolute atomic E-state index is 0.105. The van der Waals surface area contributed by atoms with Crippen LogP contribution in [0.3, 0.4) is 0 Å². The lowest BCUT2D eigenvalue weighted by atomic mass is 9.76. The molecule has 1 saturated carbocycles. The van der Waals surface area contributed by atoms with Crippen LogP contribution in [0.1, 0.15) is 38.7 Å². The van der Waals surface area contributed by atoms with E-state index in [1.54, 1.807) is 18.7 Å². The first-order valence-corrected chi connectivity index (χ1v) is 13.3. The highest BCUT2D eigenvalue weighted by Crippen LogP contribution is 2.50. The minimum atomic E-state index is -2.80. The number of aryl methyl sites for hydroxylation is 1. The Hall–Kier alpha value is -3.01. The number of piperidine rings is 1. The summed E-state index contributed by atoms with van der Waals surface area (Å²) in [6.45, 7) is 3.46. The second-order valence-electron chi connectivity index (χ2n) is 11.3.